The molecule has 5 atom stereocenters. The van der Waals surface area contributed by atoms with Crippen LogP contribution < -0.4 is 0 Å². The topological polar surface area (TPSA) is 35.5 Å². The van der Waals surface area contributed by atoms with Gasteiger partial charge in [0.1, 0.15) is 6.29 Å². The predicted octanol–water partition coefficient (Wildman–Crippen LogP) is 6.11. The number of hydrogen-bond acceptors (Lipinski definition) is 3. The molecule has 0 aliphatic carbocycles. The maximum atomic E-state index is 11.5. The van der Waals surface area contributed by atoms with Crippen LogP contribution in [0.5, 0.6) is 0 Å². The maximum absolute atomic E-state index is 11.5. The molecule has 0 saturated carbocycles. The van der Waals surface area contributed by atoms with Crippen LogP contribution in [0.25, 0.3) is 0 Å². The van der Waals surface area contributed by atoms with Gasteiger partial charge in [-0.2, -0.15) is 0 Å². The number of carbonyl (C=O) groups is 1. The molecule has 5 heteroatoms. The first-order valence-corrected chi connectivity index (χ1v) is 16.2. The molecule has 0 unspecified atom stereocenters. The fourth-order valence-electron chi connectivity index (χ4n) is 2.86. The standard InChI is InChI=1S/C20H44O3Si2/c1-13-15(2)18(23-25(11,12)20(5,6)7)17(4)19(16(3)14-21)22-24(8,9)10/h14-19H,13H2,1-12H3/t15-,16+,17-,18+,19+/m0/s1. The van der Waals surface area contributed by atoms with Crippen LogP contribution in [-0.2, 0) is 13.6 Å². The molecular formula is C20H44O3Si2. The minimum absolute atomic E-state index is 0.0760. The Labute approximate surface area is 159 Å². The molecule has 0 N–H and O–H groups in total. The van der Waals surface area contributed by atoms with Crippen LogP contribution in [0, 0.1) is 17.8 Å². The molecule has 25 heavy (non-hydrogen) atoms. The van der Waals surface area contributed by atoms with Crippen LogP contribution in [0.4, 0.5) is 0 Å². The zero-order chi connectivity index (χ0) is 20.2. The zero-order valence-corrected chi connectivity index (χ0v) is 20.9. The monoisotopic (exact) mass is 388 g/mol. The van der Waals surface area contributed by atoms with Gasteiger partial charge in [-0.15, -0.1) is 0 Å². The molecule has 0 aromatic rings. The first kappa shape index (κ1) is 25.0. The average molecular weight is 389 g/mol. The third-order valence-corrected chi connectivity index (χ3v) is 11.2. The number of aldehydes is 1. The van der Waals surface area contributed by atoms with Crippen molar-refractivity contribution in [2.75, 3.05) is 0 Å². The van der Waals surface area contributed by atoms with Crippen molar-refractivity contribution in [2.24, 2.45) is 17.8 Å². The van der Waals surface area contributed by atoms with Gasteiger partial charge < -0.3 is 13.6 Å². The first-order chi connectivity index (χ1) is 11.1. The average Bonchev–Trinajstić information content (AvgIpc) is 2.46. The smallest absolute Gasteiger partial charge is 0.192 e. The fourth-order valence-corrected chi connectivity index (χ4v) is 5.58. The molecule has 150 valence electrons. The molecule has 3 nitrogen and oxygen atoms in total. The fraction of sp³-hybridized carbons (Fsp3) is 0.950. The van der Waals surface area contributed by atoms with Gasteiger partial charge in [0, 0.05) is 11.8 Å². The molecule has 0 saturated heterocycles. The minimum atomic E-state index is -1.89. The molecule has 0 aromatic heterocycles. The third-order valence-electron chi connectivity index (χ3n) is 5.70. The summed E-state index contributed by atoms with van der Waals surface area (Å²) in [4.78, 5) is 11.5. The molecule has 0 rings (SSSR count). The summed E-state index contributed by atoms with van der Waals surface area (Å²) >= 11 is 0. The van der Waals surface area contributed by atoms with Crippen LogP contribution >= 0.6 is 0 Å². The van der Waals surface area contributed by atoms with E-state index >= 15 is 0 Å². The maximum Gasteiger partial charge on any atom is 0.192 e. The third kappa shape index (κ3) is 7.65. The van der Waals surface area contributed by atoms with E-state index in [1.165, 1.54) is 0 Å². The number of hydrogen-bond donors (Lipinski definition) is 0. The van der Waals surface area contributed by atoms with Crippen molar-refractivity contribution in [3.63, 3.8) is 0 Å². The van der Waals surface area contributed by atoms with E-state index in [1.54, 1.807) is 0 Å². The lowest BCUT2D eigenvalue weighted by atomic mass is 9.84. The summed E-state index contributed by atoms with van der Waals surface area (Å²) in [6, 6.07) is 0. The lowest BCUT2D eigenvalue weighted by Gasteiger charge is -2.45. The van der Waals surface area contributed by atoms with E-state index in [0.29, 0.717) is 5.92 Å². The molecule has 0 aliphatic rings. The van der Waals surface area contributed by atoms with Gasteiger partial charge in [0.05, 0.1) is 12.2 Å². The highest BCUT2D eigenvalue weighted by atomic mass is 28.4. The summed E-state index contributed by atoms with van der Waals surface area (Å²) in [6.07, 6.45) is 2.16. The van der Waals surface area contributed by atoms with Crippen molar-refractivity contribution < 1.29 is 13.6 Å². The van der Waals surface area contributed by atoms with Crippen LogP contribution in [0.2, 0.25) is 37.8 Å². The molecule has 0 aliphatic heterocycles. The Hall–Kier alpha value is 0.0238. The van der Waals surface area contributed by atoms with Gasteiger partial charge in [0.15, 0.2) is 16.6 Å². The van der Waals surface area contributed by atoms with Crippen molar-refractivity contribution in [3.8, 4) is 0 Å². The summed E-state index contributed by atoms with van der Waals surface area (Å²) in [5.74, 6) is 0.517. The quantitative estimate of drug-likeness (QED) is 0.334. The van der Waals surface area contributed by atoms with Crippen molar-refractivity contribution in [1.82, 2.24) is 0 Å². The Kier molecular flexibility index (Phi) is 9.30. The highest BCUT2D eigenvalue weighted by molar-refractivity contribution is 6.74. The molecule has 0 heterocycles. The van der Waals surface area contributed by atoms with Gasteiger partial charge in [-0.25, -0.2) is 0 Å². The van der Waals surface area contributed by atoms with Crippen LogP contribution in [0.15, 0.2) is 0 Å². The molecule has 0 radical (unpaired) electrons. The van der Waals surface area contributed by atoms with E-state index < -0.39 is 16.6 Å². The van der Waals surface area contributed by atoms with Gasteiger partial charge in [-0.1, -0.05) is 54.9 Å². The van der Waals surface area contributed by atoms with E-state index in [4.69, 9.17) is 8.85 Å². The highest BCUT2D eigenvalue weighted by Gasteiger charge is 2.43. The summed E-state index contributed by atoms with van der Waals surface area (Å²) in [6.45, 7) is 26.7. The van der Waals surface area contributed by atoms with Gasteiger partial charge in [-0.3, -0.25) is 0 Å². The Balaban J connectivity index is 5.71. The van der Waals surface area contributed by atoms with Crippen LogP contribution in [-0.4, -0.2) is 35.1 Å². The van der Waals surface area contributed by atoms with Crippen molar-refractivity contribution in [2.45, 2.75) is 105 Å². The van der Waals surface area contributed by atoms with Crippen molar-refractivity contribution in [3.05, 3.63) is 0 Å². The normalized spacial score (nSPS) is 19.8. The molecule has 0 bridgehead atoms. The second kappa shape index (κ2) is 9.29. The van der Waals surface area contributed by atoms with Crippen LogP contribution in [0.1, 0.15) is 54.9 Å². The lowest BCUT2D eigenvalue weighted by molar-refractivity contribution is -0.115. The van der Waals surface area contributed by atoms with Gasteiger partial charge in [0.25, 0.3) is 0 Å². The number of carbonyl (C=O) groups excluding carboxylic acids is 1. The molecule has 0 aromatic carbocycles. The number of rotatable bonds is 10. The van der Waals surface area contributed by atoms with Crippen molar-refractivity contribution in [1.29, 1.82) is 0 Å². The SMILES string of the molecule is CC[C@H](C)[C@@H](O[Si](C)(C)C(C)(C)C)[C@H](C)[C@H](O[Si](C)(C)C)[C@H](C)C=O. The van der Waals surface area contributed by atoms with E-state index in [-0.39, 0.29) is 29.1 Å². The second-order valence-electron chi connectivity index (χ2n) is 10.3. The lowest BCUT2D eigenvalue weighted by Crippen LogP contribution is -2.51. The van der Waals surface area contributed by atoms with E-state index in [1.807, 2.05) is 6.92 Å². The summed E-state index contributed by atoms with van der Waals surface area (Å²) < 4.78 is 13.3. The first-order valence-electron chi connectivity index (χ1n) is 9.88. The highest BCUT2D eigenvalue weighted by Crippen LogP contribution is 2.40. The minimum Gasteiger partial charge on any atom is -0.414 e. The Morgan fingerprint density at radius 1 is 0.920 bits per heavy atom. The molecule has 0 spiro atoms. The summed E-state index contributed by atoms with van der Waals surface area (Å²) in [7, 11) is -3.64. The van der Waals surface area contributed by atoms with Gasteiger partial charge in [0.2, 0.25) is 0 Å². The molecule has 0 fully saturated rings. The van der Waals surface area contributed by atoms with E-state index in [2.05, 4.69) is 74.3 Å². The molecule has 0 amide bonds. The van der Waals surface area contributed by atoms with E-state index in [9.17, 15) is 4.79 Å². The zero-order valence-electron chi connectivity index (χ0n) is 18.9. The predicted molar refractivity (Wildman–Crippen MR) is 114 cm³/mol. The Morgan fingerprint density at radius 3 is 1.72 bits per heavy atom. The van der Waals surface area contributed by atoms with E-state index in [0.717, 1.165) is 12.7 Å². The van der Waals surface area contributed by atoms with Crippen LogP contribution in [0.3, 0.4) is 0 Å². The second-order valence-corrected chi connectivity index (χ2v) is 19.5. The summed E-state index contributed by atoms with van der Waals surface area (Å²) in [5.41, 5.74) is 0. The van der Waals surface area contributed by atoms with Crippen molar-refractivity contribution >= 4 is 22.9 Å². The Morgan fingerprint density at radius 2 is 1.40 bits per heavy atom. The van der Waals surface area contributed by atoms with Gasteiger partial charge >= 0.3 is 0 Å². The Bertz CT molecular complexity index is 410. The molecular weight excluding hydrogens is 344 g/mol. The summed E-state index contributed by atoms with van der Waals surface area (Å²) in [5, 5.41) is 0.170. The largest absolute Gasteiger partial charge is 0.414 e. The van der Waals surface area contributed by atoms with Gasteiger partial charge in [-0.05, 0) is 43.7 Å².